The number of pyridine rings is 1. The van der Waals surface area contributed by atoms with E-state index >= 15 is 0 Å². The molecule has 0 unspecified atom stereocenters. The Kier molecular flexibility index (Phi) is 6.88. The third-order valence-electron chi connectivity index (χ3n) is 5.28. The van der Waals surface area contributed by atoms with Crippen LogP contribution in [-0.2, 0) is 12.8 Å². The van der Waals surface area contributed by atoms with Crippen molar-refractivity contribution in [2.24, 2.45) is 0 Å². The van der Waals surface area contributed by atoms with E-state index in [-0.39, 0.29) is 0 Å². The van der Waals surface area contributed by atoms with Crippen molar-refractivity contribution in [3.63, 3.8) is 0 Å². The number of H-pyrrole nitrogens is 1. The number of nitriles is 1. The first kappa shape index (κ1) is 19.1. The number of benzene rings is 1. The number of nitrogens with one attached hydrogen (secondary N) is 1. The second-order valence-corrected chi connectivity index (χ2v) is 7.95. The van der Waals surface area contributed by atoms with Gasteiger partial charge in [0.05, 0.1) is 5.56 Å². The molecule has 1 aliphatic rings. The van der Waals surface area contributed by atoms with Crippen LogP contribution >= 0.6 is 23.8 Å². The van der Waals surface area contributed by atoms with Gasteiger partial charge in [-0.25, -0.2) is 0 Å². The molecule has 2 nitrogen and oxygen atoms in total. The highest BCUT2D eigenvalue weighted by atomic mass is 35.5. The summed E-state index contributed by atoms with van der Waals surface area (Å²) in [6, 6.07) is 10.3. The minimum atomic E-state index is 0.559. The van der Waals surface area contributed by atoms with Gasteiger partial charge in [0.2, 0.25) is 0 Å². The van der Waals surface area contributed by atoms with Crippen LogP contribution in [0.4, 0.5) is 0 Å². The Hall–Kier alpha value is -1.63. The van der Waals surface area contributed by atoms with E-state index in [2.05, 4.69) is 11.1 Å². The molecule has 1 heterocycles. The molecule has 1 aliphatic carbocycles. The molecule has 26 heavy (non-hydrogen) atoms. The Morgan fingerprint density at radius 3 is 1.96 bits per heavy atom. The van der Waals surface area contributed by atoms with Crippen LogP contribution in [0.15, 0.2) is 24.3 Å². The van der Waals surface area contributed by atoms with Gasteiger partial charge in [0, 0.05) is 10.7 Å². The molecule has 0 atom stereocenters. The van der Waals surface area contributed by atoms with Gasteiger partial charge in [0.15, 0.2) is 0 Å². The molecule has 1 aromatic heterocycles. The summed E-state index contributed by atoms with van der Waals surface area (Å²) in [6.07, 6.45) is 12.0. The molecule has 0 saturated carbocycles. The van der Waals surface area contributed by atoms with Crippen LogP contribution in [0.2, 0.25) is 5.02 Å². The molecule has 0 amide bonds. The van der Waals surface area contributed by atoms with Crippen molar-refractivity contribution in [1.82, 2.24) is 4.98 Å². The minimum Gasteiger partial charge on any atom is -0.345 e. The van der Waals surface area contributed by atoms with Crippen molar-refractivity contribution in [2.45, 2.75) is 64.2 Å². The second kappa shape index (κ2) is 9.35. The van der Waals surface area contributed by atoms with Crippen molar-refractivity contribution in [1.29, 1.82) is 5.26 Å². The van der Waals surface area contributed by atoms with Crippen LogP contribution < -0.4 is 0 Å². The zero-order valence-corrected chi connectivity index (χ0v) is 16.7. The molecule has 0 spiro atoms. The lowest BCUT2D eigenvalue weighted by Crippen LogP contribution is -2.06. The normalized spacial score (nSPS) is 16.0. The summed E-state index contributed by atoms with van der Waals surface area (Å²) in [6.45, 7) is 0. The molecule has 1 N–H and O–H groups in total. The number of nitrogens with zero attached hydrogens (tertiary/aromatic N) is 1. The predicted octanol–water partition coefficient (Wildman–Crippen LogP) is 7.16. The maximum Gasteiger partial charge on any atom is 0.121 e. The summed E-state index contributed by atoms with van der Waals surface area (Å²) >= 11 is 11.6. The van der Waals surface area contributed by atoms with Crippen LogP contribution in [0.1, 0.15) is 68.1 Å². The quantitative estimate of drug-likeness (QED) is 0.530. The smallest absolute Gasteiger partial charge is 0.121 e. The van der Waals surface area contributed by atoms with Crippen molar-refractivity contribution >= 4 is 23.8 Å². The minimum absolute atomic E-state index is 0.559. The zero-order chi connectivity index (χ0) is 18.4. The Labute approximate surface area is 166 Å². The van der Waals surface area contributed by atoms with Crippen molar-refractivity contribution in [3.8, 4) is 17.3 Å². The molecule has 0 fully saturated rings. The topological polar surface area (TPSA) is 39.6 Å². The monoisotopic (exact) mass is 384 g/mol. The third kappa shape index (κ3) is 4.55. The number of halogens is 1. The molecule has 3 rings (SSSR count). The number of rotatable bonds is 1. The summed E-state index contributed by atoms with van der Waals surface area (Å²) < 4.78 is 0.559. The highest BCUT2D eigenvalue weighted by Crippen LogP contribution is 2.31. The van der Waals surface area contributed by atoms with Crippen LogP contribution in [0.25, 0.3) is 11.3 Å². The molecular formula is C22H25ClN2S. The van der Waals surface area contributed by atoms with Gasteiger partial charge in [-0.15, -0.1) is 0 Å². The average Bonchev–Trinajstić information content (AvgIpc) is 2.63. The van der Waals surface area contributed by atoms with Crippen LogP contribution in [0.5, 0.6) is 0 Å². The largest absolute Gasteiger partial charge is 0.345 e. The molecule has 1 aromatic carbocycles. The first-order valence-electron chi connectivity index (χ1n) is 9.65. The predicted molar refractivity (Wildman–Crippen MR) is 111 cm³/mol. The van der Waals surface area contributed by atoms with Crippen molar-refractivity contribution in [3.05, 3.63) is 50.6 Å². The van der Waals surface area contributed by atoms with Crippen LogP contribution in [-0.4, -0.2) is 4.98 Å². The molecular weight excluding hydrogens is 360 g/mol. The van der Waals surface area contributed by atoms with E-state index in [1.54, 1.807) is 0 Å². The van der Waals surface area contributed by atoms with Gasteiger partial charge in [0.25, 0.3) is 0 Å². The van der Waals surface area contributed by atoms with E-state index < -0.39 is 0 Å². The molecule has 0 radical (unpaired) electrons. The van der Waals surface area contributed by atoms with Crippen molar-refractivity contribution in [2.75, 3.05) is 0 Å². The SMILES string of the molecule is N#Cc1c2c(c(-c3ccc(Cl)cc3)[nH]c1=S)CCCCCCCCCC2. The highest BCUT2D eigenvalue weighted by Gasteiger charge is 2.17. The standard InChI is InChI=1S/C22H25ClN2S/c23-17-13-11-16(12-14-17)21-19-10-8-6-4-2-1-3-5-7-9-18(19)20(15-24)22(26)25-21/h11-14H,1-10H2,(H,25,26). The number of fused-ring (bicyclic) bond motifs is 1. The van der Waals surface area contributed by atoms with E-state index in [0.717, 1.165) is 42.0 Å². The molecule has 0 bridgehead atoms. The number of hydrogen-bond acceptors (Lipinski definition) is 2. The summed E-state index contributed by atoms with van der Waals surface area (Å²) in [4.78, 5) is 3.35. The highest BCUT2D eigenvalue weighted by molar-refractivity contribution is 7.71. The van der Waals surface area contributed by atoms with Gasteiger partial charge in [-0.1, -0.05) is 74.5 Å². The van der Waals surface area contributed by atoms with Gasteiger partial charge < -0.3 is 4.98 Å². The molecule has 2 aromatic rings. The van der Waals surface area contributed by atoms with E-state index in [0.29, 0.717) is 10.2 Å². The fourth-order valence-electron chi connectivity index (χ4n) is 3.89. The molecule has 136 valence electrons. The summed E-state index contributed by atoms with van der Waals surface area (Å²) in [7, 11) is 0. The van der Waals surface area contributed by atoms with Gasteiger partial charge >= 0.3 is 0 Å². The maximum atomic E-state index is 9.71. The van der Waals surface area contributed by atoms with Gasteiger partial charge in [-0.3, -0.25) is 0 Å². The van der Waals surface area contributed by atoms with Gasteiger partial charge in [0.1, 0.15) is 10.7 Å². The Morgan fingerprint density at radius 1 is 0.846 bits per heavy atom. The summed E-state index contributed by atoms with van der Waals surface area (Å²) in [5.41, 5.74) is 5.27. The van der Waals surface area contributed by atoms with E-state index in [1.807, 2.05) is 24.3 Å². The molecule has 0 aliphatic heterocycles. The number of aromatic nitrogens is 1. The zero-order valence-electron chi connectivity index (χ0n) is 15.1. The number of hydrogen-bond donors (Lipinski definition) is 1. The number of aromatic amines is 1. The summed E-state index contributed by atoms with van der Waals surface area (Å²) in [5, 5.41) is 10.4. The van der Waals surface area contributed by atoms with E-state index in [4.69, 9.17) is 23.8 Å². The van der Waals surface area contributed by atoms with Crippen molar-refractivity contribution < 1.29 is 0 Å². The van der Waals surface area contributed by atoms with Crippen LogP contribution in [0, 0.1) is 16.0 Å². The first-order chi connectivity index (χ1) is 12.7. The Balaban J connectivity index is 2.11. The van der Waals surface area contributed by atoms with Crippen LogP contribution in [0.3, 0.4) is 0 Å². The molecule has 4 heteroatoms. The third-order valence-corrected chi connectivity index (χ3v) is 5.84. The molecule has 0 saturated heterocycles. The average molecular weight is 385 g/mol. The lowest BCUT2D eigenvalue weighted by molar-refractivity contribution is 0.559. The van der Waals surface area contributed by atoms with E-state index in [9.17, 15) is 5.26 Å². The van der Waals surface area contributed by atoms with Gasteiger partial charge in [-0.2, -0.15) is 5.26 Å². The fourth-order valence-corrected chi connectivity index (χ4v) is 4.28. The van der Waals surface area contributed by atoms with E-state index in [1.165, 1.54) is 49.7 Å². The Morgan fingerprint density at radius 2 is 1.38 bits per heavy atom. The Bertz CT molecular complexity index is 846. The maximum absolute atomic E-state index is 9.71. The lowest BCUT2D eigenvalue weighted by atomic mass is 9.89. The summed E-state index contributed by atoms with van der Waals surface area (Å²) in [5.74, 6) is 0. The first-order valence-corrected chi connectivity index (χ1v) is 10.4. The van der Waals surface area contributed by atoms with Gasteiger partial charge in [-0.05, 0) is 54.5 Å². The lowest BCUT2D eigenvalue weighted by Gasteiger charge is -2.18. The fraction of sp³-hybridized carbons (Fsp3) is 0.455. The second-order valence-electron chi connectivity index (χ2n) is 7.11.